The highest BCUT2D eigenvalue weighted by atomic mass is 79.9. The predicted octanol–water partition coefficient (Wildman–Crippen LogP) is 4.45. The van der Waals surface area contributed by atoms with E-state index in [2.05, 4.69) is 38.7 Å². The molecule has 2 N–H and O–H groups in total. The van der Waals surface area contributed by atoms with Crippen LogP contribution >= 0.6 is 27.5 Å². The molecule has 0 bridgehead atoms. The van der Waals surface area contributed by atoms with Crippen LogP contribution in [0.1, 0.15) is 24.0 Å². The van der Waals surface area contributed by atoms with Crippen LogP contribution in [0.15, 0.2) is 46.9 Å². The Balaban J connectivity index is 1.56. The van der Waals surface area contributed by atoms with Crippen molar-refractivity contribution < 1.29 is 4.79 Å². The fourth-order valence-electron chi connectivity index (χ4n) is 4.08. The molecule has 4 nitrogen and oxygen atoms in total. The topological polar surface area (TPSA) is 44.4 Å². The molecule has 2 aromatic carbocycles. The van der Waals surface area contributed by atoms with Gasteiger partial charge in [0.2, 0.25) is 0 Å². The van der Waals surface area contributed by atoms with Crippen LogP contribution in [-0.2, 0) is 12.0 Å². The Labute approximate surface area is 167 Å². The lowest BCUT2D eigenvalue weighted by Gasteiger charge is -2.34. The van der Waals surface area contributed by atoms with E-state index in [1.807, 2.05) is 35.2 Å². The van der Waals surface area contributed by atoms with E-state index in [4.69, 9.17) is 11.6 Å². The zero-order chi connectivity index (χ0) is 18.1. The first-order chi connectivity index (χ1) is 12.6. The molecule has 1 saturated heterocycles. The van der Waals surface area contributed by atoms with E-state index in [-0.39, 0.29) is 11.4 Å². The normalized spacial score (nSPS) is 18.0. The molecule has 0 atom stereocenters. The minimum absolute atomic E-state index is 0.0519. The van der Waals surface area contributed by atoms with Gasteiger partial charge in [0.25, 0.3) is 0 Å². The number of piperidine rings is 1. The Morgan fingerprint density at radius 2 is 2.04 bits per heavy atom. The monoisotopic (exact) mass is 433 g/mol. The Bertz CT molecular complexity index is 836. The van der Waals surface area contributed by atoms with Crippen LogP contribution in [0.25, 0.3) is 0 Å². The fourth-order valence-corrected chi connectivity index (χ4v) is 4.65. The highest BCUT2D eigenvalue weighted by Crippen LogP contribution is 2.47. The number of hydrogen-bond acceptors (Lipinski definition) is 2. The number of nitrogens with zero attached hydrogens (tertiary/aromatic N) is 1. The molecule has 2 amide bonds. The standard InChI is InChI=1S/C20H21BrClN3O/c21-15-4-5-18-17(11-15)20(6-8-23-9-7-20)13-25(18)19(26)24-12-14-2-1-3-16(22)10-14/h1-5,10-11,23H,6-9,12-13H2,(H,24,26). The molecule has 26 heavy (non-hydrogen) atoms. The number of urea groups is 1. The van der Waals surface area contributed by atoms with E-state index >= 15 is 0 Å². The van der Waals surface area contributed by atoms with Crippen LogP contribution in [0.5, 0.6) is 0 Å². The van der Waals surface area contributed by atoms with Crippen molar-refractivity contribution in [2.45, 2.75) is 24.8 Å². The van der Waals surface area contributed by atoms with Crippen LogP contribution in [-0.4, -0.2) is 25.7 Å². The number of carbonyl (C=O) groups is 1. The SMILES string of the molecule is O=C(NCc1cccc(Cl)c1)N1CC2(CCNCC2)c2cc(Br)ccc21. The highest BCUT2D eigenvalue weighted by Gasteiger charge is 2.45. The molecule has 0 saturated carbocycles. The van der Waals surface area contributed by atoms with Gasteiger partial charge in [-0.05, 0) is 67.4 Å². The number of nitrogens with one attached hydrogen (secondary N) is 2. The summed E-state index contributed by atoms with van der Waals surface area (Å²) in [4.78, 5) is 14.8. The number of benzene rings is 2. The molecule has 1 spiro atoms. The Hall–Kier alpha value is -1.56. The second kappa shape index (κ2) is 7.22. The number of halogens is 2. The largest absolute Gasteiger partial charge is 0.334 e. The number of amides is 2. The lowest BCUT2D eigenvalue weighted by molar-refractivity contribution is 0.243. The first kappa shape index (κ1) is 17.8. The van der Waals surface area contributed by atoms with Crippen LogP contribution in [0, 0.1) is 0 Å². The number of rotatable bonds is 2. The summed E-state index contributed by atoms with van der Waals surface area (Å²) in [7, 11) is 0. The third-order valence-electron chi connectivity index (χ3n) is 5.42. The number of fused-ring (bicyclic) bond motifs is 2. The molecule has 2 aliphatic rings. The van der Waals surface area contributed by atoms with Crippen molar-refractivity contribution in [1.29, 1.82) is 0 Å². The first-order valence-corrected chi connectivity index (χ1v) is 10.1. The second-order valence-electron chi connectivity index (χ2n) is 7.07. The molecule has 0 aromatic heterocycles. The molecule has 136 valence electrons. The maximum atomic E-state index is 12.9. The van der Waals surface area contributed by atoms with Gasteiger partial charge in [-0.2, -0.15) is 0 Å². The molecular formula is C20H21BrClN3O. The minimum Gasteiger partial charge on any atom is -0.334 e. The van der Waals surface area contributed by atoms with E-state index in [0.29, 0.717) is 11.6 Å². The summed E-state index contributed by atoms with van der Waals surface area (Å²) in [5.74, 6) is 0. The van der Waals surface area contributed by atoms with Gasteiger partial charge in [-0.25, -0.2) is 4.79 Å². The zero-order valence-corrected chi connectivity index (χ0v) is 16.7. The Kier molecular flexibility index (Phi) is 4.95. The van der Waals surface area contributed by atoms with Crippen LogP contribution < -0.4 is 15.5 Å². The fraction of sp³-hybridized carbons (Fsp3) is 0.350. The Morgan fingerprint density at radius 1 is 1.23 bits per heavy atom. The third-order valence-corrected chi connectivity index (χ3v) is 6.15. The van der Waals surface area contributed by atoms with Gasteiger partial charge >= 0.3 is 6.03 Å². The lowest BCUT2D eigenvalue weighted by atomic mass is 9.75. The van der Waals surface area contributed by atoms with E-state index < -0.39 is 0 Å². The Morgan fingerprint density at radius 3 is 2.81 bits per heavy atom. The summed E-state index contributed by atoms with van der Waals surface area (Å²) in [5.41, 5.74) is 3.36. The van der Waals surface area contributed by atoms with E-state index in [9.17, 15) is 4.79 Å². The van der Waals surface area contributed by atoms with Crippen LogP contribution in [0.4, 0.5) is 10.5 Å². The van der Waals surface area contributed by atoms with E-state index in [0.717, 1.165) is 48.2 Å². The lowest BCUT2D eigenvalue weighted by Crippen LogP contribution is -2.46. The van der Waals surface area contributed by atoms with E-state index in [1.165, 1.54) is 5.56 Å². The van der Waals surface area contributed by atoms with Gasteiger partial charge in [-0.3, -0.25) is 4.90 Å². The quantitative estimate of drug-likeness (QED) is 0.733. The van der Waals surface area contributed by atoms with Gasteiger partial charge in [-0.15, -0.1) is 0 Å². The van der Waals surface area contributed by atoms with Gasteiger partial charge in [-0.1, -0.05) is 39.7 Å². The van der Waals surface area contributed by atoms with Crippen LogP contribution in [0.3, 0.4) is 0 Å². The minimum atomic E-state index is -0.0519. The van der Waals surface area contributed by atoms with Gasteiger partial charge in [0.1, 0.15) is 0 Å². The highest BCUT2D eigenvalue weighted by molar-refractivity contribution is 9.10. The number of carbonyl (C=O) groups excluding carboxylic acids is 1. The summed E-state index contributed by atoms with van der Waals surface area (Å²) in [6.07, 6.45) is 2.10. The average molecular weight is 435 g/mol. The summed E-state index contributed by atoms with van der Waals surface area (Å²) >= 11 is 9.63. The van der Waals surface area contributed by atoms with Crippen molar-refractivity contribution in [1.82, 2.24) is 10.6 Å². The molecule has 0 aliphatic carbocycles. The molecule has 0 unspecified atom stereocenters. The summed E-state index contributed by atoms with van der Waals surface area (Å²) in [6.45, 7) is 3.19. The maximum absolute atomic E-state index is 12.9. The summed E-state index contributed by atoms with van der Waals surface area (Å²) < 4.78 is 1.07. The smallest absolute Gasteiger partial charge is 0.322 e. The molecule has 0 radical (unpaired) electrons. The van der Waals surface area contributed by atoms with Crippen molar-refractivity contribution in [3.05, 3.63) is 63.1 Å². The van der Waals surface area contributed by atoms with Gasteiger partial charge in [0.15, 0.2) is 0 Å². The van der Waals surface area contributed by atoms with Crippen molar-refractivity contribution in [3.8, 4) is 0 Å². The molecule has 1 fully saturated rings. The zero-order valence-electron chi connectivity index (χ0n) is 14.4. The molecule has 4 rings (SSSR count). The summed E-state index contributed by atoms with van der Waals surface area (Å²) in [6, 6.07) is 13.8. The van der Waals surface area contributed by atoms with Crippen molar-refractivity contribution >= 4 is 39.2 Å². The number of hydrogen-bond donors (Lipinski definition) is 2. The van der Waals surface area contributed by atoms with Crippen molar-refractivity contribution in [3.63, 3.8) is 0 Å². The van der Waals surface area contributed by atoms with Gasteiger partial charge in [0, 0.05) is 33.7 Å². The van der Waals surface area contributed by atoms with Crippen molar-refractivity contribution in [2.24, 2.45) is 0 Å². The second-order valence-corrected chi connectivity index (χ2v) is 8.42. The molecular weight excluding hydrogens is 414 g/mol. The number of anilines is 1. The van der Waals surface area contributed by atoms with Crippen LogP contribution in [0.2, 0.25) is 5.02 Å². The molecule has 2 aliphatic heterocycles. The predicted molar refractivity (Wildman–Crippen MR) is 109 cm³/mol. The van der Waals surface area contributed by atoms with Crippen molar-refractivity contribution in [2.75, 3.05) is 24.5 Å². The molecule has 2 aromatic rings. The third kappa shape index (κ3) is 3.36. The average Bonchev–Trinajstić information content (AvgIpc) is 2.94. The van der Waals surface area contributed by atoms with Gasteiger partial charge in [0.05, 0.1) is 0 Å². The maximum Gasteiger partial charge on any atom is 0.322 e. The van der Waals surface area contributed by atoms with Gasteiger partial charge < -0.3 is 10.6 Å². The first-order valence-electron chi connectivity index (χ1n) is 8.88. The summed E-state index contributed by atoms with van der Waals surface area (Å²) in [5, 5.41) is 7.16. The van der Waals surface area contributed by atoms with E-state index in [1.54, 1.807) is 0 Å². The molecule has 2 heterocycles. The molecule has 6 heteroatoms.